The van der Waals surface area contributed by atoms with E-state index < -0.39 is 6.10 Å². The first-order valence-corrected chi connectivity index (χ1v) is 6.92. The van der Waals surface area contributed by atoms with Gasteiger partial charge >= 0.3 is 0 Å². The maximum Gasteiger partial charge on any atom is 0.264 e. The van der Waals surface area contributed by atoms with Gasteiger partial charge in [-0.1, -0.05) is 12.1 Å². The molecule has 0 radical (unpaired) electrons. The number of carbonyl (C=O) groups is 1. The first-order valence-electron chi connectivity index (χ1n) is 6.92. The van der Waals surface area contributed by atoms with Gasteiger partial charge in [0.2, 0.25) is 6.10 Å². The summed E-state index contributed by atoms with van der Waals surface area (Å²) >= 11 is 0. The molecule has 0 unspecified atom stereocenters. The second-order valence-corrected chi connectivity index (χ2v) is 4.69. The van der Waals surface area contributed by atoms with Crippen molar-refractivity contribution in [3.05, 3.63) is 23.8 Å². The number of oxime groups is 1. The van der Waals surface area contributed by atoms with E-state index in [2.05, 4.69) is 10.5 Å². The minimum absolute atomic E-state index is 0.141. The Morgan fingerprint density at radius 1 is 1.43 bits per heavy atom. The first-order chi connectivity index (χ1) is 10.2. The lowest BCUT2D eigenvalue weighted by atomic mass is 10.0. The van der Waals surface area contributed by atoms with Gasteiger partial charge in [0.05, 0.1) is 19.9 Å². The number of hydrogen-bond acceptors (Lipinski definition) is 5. The summed E-state index contributed by atoms with van der Waals surface area (Å²) in [5.74, 6) is 1.23. The summed E-state index contributed by atoms with van der Waals surface area (Å²) in [5, 5.41) is 6.83. The lowest BCUT2D eigenvalue weighted by Crippen LogP contribution is -2.35. The molecule has 0 saturated carbocycles. The van der Waals surface area contributed by atoms with Gasteiger partial charge in [-0.15, -0.1) is 0 Å². The van der Waals surface area contributed by atoms with Crippen LogP contribution in [0.25, 0.3) is 0 Å². The topological polar surface area (TPSA) is 69.2 Å². The molecule has 1 aliphatic heterocycles. The van der Waals surface area contributed by atoms with Crippen LogP contribution in [0.1, 0.15) is 25.3 Å². The van der Waals surface area contributed by atoms with E-state index >= 15 is 0 Å². The summed E-state index contributed by atoms with van der Waals surface area (Å²) < 4.78 is 10.5. The van der Waals surface area contributed by atoms with E-state index in [1.165, 1.54) is 0 Å². The van der Waals surface area contributed by atoms with Crippen LogP contribution in [0.2, 0.25) is 0 Å². The second kappa shape index (κ2) is 6.97. The number of rotatable bonds is 6. The highest BCUT2D eigenvalue weighted by atomic mass is 16.6. The van der Waals surface area contributed by atoms with Crippen molar-refractivity contribution >= 4 is 11.6 Å². The predicted octanol–water partition coefficient (Wildman–Crippen LogP) is 1.72. The Hall–Kier alpha value is -2.24. The van der Waals surface area contributed by atoms with Gasteiger partial charge in [-0.3, -0.25) is 4.79 Å². The third-order valence-electron chi connectivity index (χ3n) is 3.23. The van der Waals surface area contributed by atoms with E-state index in [1.807, 2.05) is 19.1 Å². The fraction of sp³-hybridized carbons (Fsp3) is 0.467. The average Bonchev–Trinajstić information content (AvgIpc) is 3.01. The summed E-state index contributed by atoms with van der Waals surface area (Å²) in [4.78, 5) is 17.1. The molecule has 0 aliphatic carbocycles. The quantitative estimate of drug-likeness (QED) is 0.867. The molecule has 1 atom stereocenters. The van der Waals surface area contributed by atoms with Gasteiger partial charge in [-0.25, -0.2) is 0 Å². The average molecular weight is 292 g/mol. The Balaban J connectivity index is 2.12. The lowest BCUT2D eigenvalue weighted by molar-refractivity contribution is -0.131. The Labute approximate surface area is 124 Å². The standard InChI is InChI=1S/C15H20N2O4/c1-4-7-16-15(18)14-9-12(17-21-14)11-8-10(19-2)5-6-13(11)20-3/h5-6,8,14H,4,7,9H2,1-3H3,(H,16,18)/t14-/m1/s1. The normalized spacial score (nSPS) is 16.9. The van der Waals surface area contributed by atoms with Crippen molar-refractivity contribution in [1.82, 2.24) is 5.32 Å². The van der Waals surface area contributed by atoms with Crippen molar-refractivity contribution in [1.29, 1.82) is 0 Å². The van der Waals surface area contributed by atoms with Crippen molar-refractivity contribution in [3.8, 4) is 11.5 Å². The monoisotopic (exact) mass is 292 g/mol. The summed E-state index contributed by atoms with van der Waals surface area (Å²) in [6.45, 7) is 2.63. The predicted molar refractivity (Wildman–Crippen MR) is 78.9 cm³/mol. The molecule has 1 heterocycles. The molecular formula is C15H20N2O4. The summed E-state index contributed by atoms with van der Waals surface area (Å²) in [7, 11) is 3.19. The molecule has 0 bridgehead atoms. The second-order valence-electron chi connectivity index (χ2n) is 4.69. The van der Waals surface area contributed by atoms with Crippen molar-refractivity contribution in [2.24, 2.45) is 5.16 Å². The van der Waals surface area contributed by atoms with Gasteiger partial charge in [-0.2, -0.15) is 0 Å². The number of methoxy groups -OCH3 is 2. The zero-order chi connectivity index (χ0) is 15.2. The van der Waals surface area contributed by atoms with Gasteiger partial charge in [0.15, 0.2) is 0 Å². The van der Waals surface area contributed by atoms with Crippen LogP contribution in [-0.2, 0) is 9.63 Å². The number of ether oxygens (including phenoxy) is 2. The number of hydrogen-bond donors (Lipinski definition) is 1. The van der Waals surface area contributed by atoms with Gasteiger partial charge < -0.3 is 19.6 Å². The highest BCUT2D eigenvalue weighted by molar-refractivity contribution is 6.06. The minimum Gasteiger partial charge on any atom is -0.497 e. The van der Waals surface area contributed by atoms with E-state index in [-0.39, 0.29) is 5.91 Å². The van der Waals surface area contributed by atoms with Crippen LogP contribution in [0.3, 0.4) is 0 Å². The Kier molecular flexibility index (Phi) is 5.03. The Morgan fingerprint density at radius 3 is 2.90 bits per heavy atom. The SMILES string of the molecule is CCCNC(=O)[C@H]1CC(c2cc(OC)ccc2OC)=NO1. The maximum absolute atomic E-state index is 11.9. The first kappa shape index (κ1) is 15.2. The molecule has 0 spiro atoms. The van der Waals surface area contributed by atoms with E-state index in [0.29, 0.717) is 30.2 Å². The number of nitrogens with zero attached hydrogens (tertiary/aromatic N) is 1. The third kappa shape index (κ3) is 3.45. The van der Waals surface area contributed by atoms with Crippen LogP contribution in [0, 0.1) is 0 Å². The summed E-state index contributed by atoms with van der Waals surface area (Å²) in [5.41, 5.74) is 1.46. The zero-order valence-corrected chi connectivity index (χ0v) is 12.5. The molecule has 0 fully saturated rings. The molecule has 0 saturated heterocycles. The van der Waals surface area contributed by atoms with Crippen LogP contribution in [0.4, 0.5) is 0 Å². The lowest BCUT2D eigenvalue weighted by Gasteiger charge is -2.10. The summed E-state index contributed by atoms with van der Waals surface area (Å²) in [6.07, 6.45) is 0.719. The molecular weight excluding hydrogens is 272 g/mol. The number of nitrogens with one attached hydrogen (secondary N) is 1. The molecule has 1 aliphatic rings. The van der Waals surface area contributed by atoms with Crippen LogP contribution in [0.5, 0.6) is 11.5 Å². The minimum atomic E-state index is -0.581. The van der Waals surface area contributed by atoms with Crippen LogP contribution < -0.4 is 14.8 Å². The van der Waals surface area contributed by atoms with Gasteiger partial charge in [-0.05, 0) is 24.6 Å². The van der Waals surface area contributed by atoms with Gasteiger partial charge in [0.25, 0.3) is 5.91 Å². The molecule has 1 aromatic carbocycles. The molecule has 1 N–H and O–H groups in total. The number of benzene rings is 1. The molecule has 6 nitrogen and oxygen atoms in total. The van der Waals surface area contributed by atoms with Crippen molar-refractivity contribution in [2.45, 2.75) is 25.9 Å². The largest absolute Gasteiger partial charge is 0.497 e. The van der Waals surface area contributed by atoms with Crippen molar-refractivity contribution in [3.63, 3.8) is 0 Å². The molecule has 1 aromatic rings. The third-order valence-corrected chi connectivity index (χ3v) is 3.23. The van der Waals surface area contributed by atoms with Crippen LogP contribution in [-0.4, -0.2) is 38.5 Å². The van der Waals surface area contributed by atoms with Gasteiger partial charge in [0.1, 0.15) is 11.5 Å². The zero-order valence-electron chi connectivity index (χ0n) is 12.5. The molecule has 21 heavy (non-hydrogen) atoms. The summed E-state index contributed by atoms with van der Waals surface area (Å²) in [6, 6.07) is 5.44. The van der Waals surface area contributed by atoms with E-state index in [1.54, 1.807) is 20.3 Å². The van der Waals surface area contributed by atoms with Crippen molar-refractivity contribution in [2.75, 3.05) is 20.8 Å². The highest BCUT2D eigenvalue weighted by Crippen LogP contribution is 2.28. The fourth-order valence-corrected chi connectivity index (χ4v) is 2.08. The van der Waals surface area contributed by atoms with Crippen molar-refractivity contribution < 1.29 is 19.1 Å². The molecule has 6 heteroatoms. The van der Waals surface area contributed by atoms with E-state index in [9.17, 15) is 4.79 Å². The smallest absolute Gasteiger partial charge is 0.264 e. The molecule has 114 valence electrons. The molecule has 0 aromatic heterocycles. The Morgan fingerprint density at radius 2 is 2.24 bits per heavy atom. The van der Waals surface area contributed by atoms with E-state index in [0.717, 1.165) is 12.0 Å². The molecule has 1 amide bonds. The van der Waals surface area contributed by atoms with Gasteiger partial charge in [0, 0.05) is 18.5 Å². The highest BCUT2D eigenvalue weighted by Gasteiger charge is 2.30. The van der Waals surface area contributed by atoms with E-state index in [4.69, 9.17) is 14.3 Å². The van der Waals surface area contributed by atoms with Crippen LogP contribution >= 0.6 is 0 Å². The fourth-order valence-electron chi connectivity index (χ4n) is 2.08. The maximum atomic E-state index is 11.9. The van der Waals surface area contributed by atoms with Crippen LogP contribution in [0.15, 0.2) is 23.4 Å². The number of amides is 1. The number of carbonyl (C=O) groups excluding carboxylic acids is 1. The molecule has 2 rings (SSSR count). The Bertz CT molecular complexity index is 542.